The zero-order valence-corrected chi connectivity index (χ0v) is 17.5. The fraction of sp³-hybridized carbons (Fsp3) is 0.350. The number of aromatic nitrogens is 2. The number of benzene rings is 1. The van der Waals surface area contributed by atoms with Crippen LogP contribution in [0.3, 0.4) is 0 Å². The van der Waals surface area contributed by atoms with Gasteiger partial charge in [0.25, 0.3) is 0 Å². The number of carbonyl (C=O) groups is 4. The lowest BCUT2D eigenvalue weighted by molar-refractivity contribution is -0.142. The van der Waals surface area contributed by atoms with Crippen LogP contribution < -0.4 is 21.7 Å². The van der Waals surface area contributed by atoms with Gasteiger partial charge in [0.1, 0.15) is 17.8 Å². The van der Waals surface area contributed by atoms with E-state index < -0.39 is 55.0 Å². The first-order chi connectivity index (χ1) is 15.7. The number of nitrogens with two attached hydrogens (primary N) is 1. The molecule has 1 heterocycles. The maximum absolute atomic E-state index is 12.4. The number of carboxylic acids is 1. The van der Waals surface area contributed by atoms with Gasteiger partial charge in [0.15, 0.2) is 0 Å². The number of aliphatic carboxylic acids is 1. The molecule has 0 fully saturated rings. The first kappa shape index (κ1) is 25.3. The van der Waals surface area contributed by atoms with Crippen molar-refractivity contribution in [3.63, 3.8) is 0 Å². The van der Waals surface area contributed by atoms with Gasteiger partial charge in [-0.1, -0.05) is 12.1 Å². The lowest BCUT2D eigenvalue weighted by Gasteiger charge is -2.20. The molecule has 0 aliphatic heterocycles. The lowest BCUT2D eigenvalue weighted by atomic mass is 10.1. The van der Waals surface area contributed by atoms with Crippen molar-refractivity contribution in [1.82, 2.24) is 25.9 Å². The Kier molecular flexibility index (Phi) is 9.32. The number of aromatic amines is 1. The number of hydrogen-bond acceptors (Lipinski definition) is 8. The maximum Gasteiger partial charge on any atom is 0.326 e. The van der Waals surface area contributed by atoms with Gasteiger partial charge in [-0.2, -0.15) is 0 Å². The van der Waals surface area contributed by atoms with E-state index in [1.165, 1.54) is 36.8 Å². The number of hydrogen-bond donors (Lipinski definition) is 8. The minimum Gasteiger partial charge on any atom is -0.508 e. The van der Waals surface area contributed by atoms with Crippen LogP contribution in [-0.4, -0.2) is 80.3 Å². The van der Waals surface area contributed by atoms with Gasteiger partial charge in [0.05, 0.1) is 25.5 Å². The van der Waals surface area contributed by atoms with Crippen molar-refractivity contribution < 1.29 is 34.5 Å². The third kappa shape index (κ3) is 8.23. The highest BCUT2D eigenvalue weighted by atomic mass is 16.4. The van der Waals surface area contributed by atoms with Gasteiger partial charge in [-0.3, -0.25) is 14.4 Å². The molecular weight excluding hydrogens is 436 g/mol. The molecule has 13 nitrogen and oxygen atoms in total. The van der Waals surface area contributed by atoms with Crippen LogP contribution in [0.25, 0.3) is 0 Å². The predicted molar refractivity (Wildman–Crippen MR) is 114 cm³/mol. The second-order valence-electron chi connectivity index (χ2n) is 7.18. The third-order valence-electron chi connectivity index (χ3n) is 4.58. The molecule has 2 aromatic rings. The van der Waals surface area contributed by atoms with E-state index in [4.69, 9.17) is 5.73 Å². The van der Waals surface area contributed by atoms with E-state index in [0.29, 0.717) is 11.3 Å². The topological polar surface area (TPSA) is 220 Å². The van der Waals surface area contributed by atoms with E-state index in [1.54, 1.807) is 0 Å². The Labute approximate surface area is 188 Å². The van der Waals surface area contributed by atoms with Crippen LogP contribution in [-0.2, 0) is 32.0 Å². The Morgan fingerprint density at radius 3 is 2.30 bits per heavy atom. The van der Waals surface area contributed by atoms with Gasteiger partial charge in [-0.25, -0.2) is 9.78 Å². The quantitative estimate of drug-likeness (QED) is 0.165. The largest absolute Gasteiger partial charge is 0.508 e. The number of amides is 3. The summed E-state index contributed by atoms with van der Waals surface area (Å²) in [5, 5.41) is 34.9. The molecule has 0 radical (unpaired) electrons. The average Bonchev–Trinajstić information content (AvgIpc) is 3.29. The minimum atomic E-state index is -1.44. The molecule has 1 aromatic heterocycles. The number of imidazole rings is 1. The molecule has 0 aliphatic carbocycles. The molecule has 1 aromatic carbocycles. The van der Waals surface area contributed by atoms with Crippen LogP contribution in [0.1, 0.15) is 11.3 Å². The highest BCUT2D eigenvalue weighted by molar-refractivity contribution is 5.92. The maximum atomic E-state index is 12.4. The number of aliphatic hydroxyl groups is 1. The Morgan fingerprint density at radius 2 is 1.73 bits per heavy atom. The number of aromatic hydroxyl groups is 1. The smallest absolute Gasteiger partial charge is 0.326 e. The highest BCUT2D eigenvalue weighted by Crippen LogP contribution is 2.11. The molecule has 0 aliphatic rings. The van der Waals surface area contributed by atoms with Crippen LogP contribution in [0.15, 0.2) is 36.8 Å². The number of rotatable bonds is 12. The minimum absolute atomic E-state index is 0.00655. The molecule has 33 heavy (non-hydrogen) atoms. The molecule has 13 heteroatoms. The van der Waals surface area contributed by atoms with Crippen molar-refractivity contribution in [2.45, 2.75) is 31.0 Å². The van der Waals surface area contributed by atoms with E-state index in [9.17, 15) is 34.5 Å². The summed E-state index contributed by atoms with van der Waals surface area (Å²) in [7, 11) is 0. The Morgan fingerprint density at radius 1 is 1.03 bits per heavy atom. The van der Waals surface area contributed by atoms with Gasteiger partial charge < -0.3 is 42.0 Å². The van der Waals surface area contributed by atoms with Gasteiger partial charge in [0, 0.05) is 24.7 Å². The lowest BCUT2D eigenvalue weighted by Crippen LogP contribution is -2.55. The normalized spacial score (nSPS) is 13.4. The van der Waals surface area contributed by atoms with Crippen molar-refractivity contribution in [1.29, 1.82) is 0 Å². The number of phenolic OH excluding ortho intramolecular Hbond substituents is 1. The zero-order chi connectivity index (χ0) is 24.4. The summed E-state index contributed by atoms with van der Waals surface area (Å²) >= 11 is 0. The summed E-state index contributed by atoms with van der Waals surface area (Å²) in [5.74, 6) is -3.62. The average molecular weight is 462 g/mol. The Balaban J connectivity index is 1.84. The monoisotopic (exact) mass is 462 g/mol. The Hall–Kier alpha value is -3.97. The number of carboxylic acid groups (broad SMARTS) is 1. The summed E-state index contributed by atoms with van der Waals surface area (Å²) in [4.78, 5) is 54.6. The van der Waals surface area contributed by atoms with E-state index in [-0.39, 0.29) is 18.6 Å². The van der Waals surface area contributed by atoms with Crippen molar-refractivity contribution >= 4 is 23.7 Å². The van der Waals surface area contributed by atoms with Crippen LogP contribution in [0.4, 0.5) is 0 Å². The number of nitrogens with zero attached hydrogens (tertiary/aromatic N) is 1. The molecule has 2 rings (SSSR count). The third-order valence-corrected chi connectivity index (χ3v) is 4.58. The molecule has 3 amide bonds. The second kappa shape index (κ2) is 12.2. The second-order valence-corrected chi connectivity index (χ2v) is 7.18. The molecule has 9 N–H and O–H groups in total. The summed E-state index contributed by atoms with van der Waals surface area (Å²) in [6.45, 7) is -1.30. The first-order valence-electron chi connectivity index (χ1n) is 9.91. The predicted octanol–water partition coefficient (Wildman–Crippen LogP) is -2.61. The summed E-state index contributed by atoms with van der Waals surface area (Å²) in [6, 6.07) is 2.05. The number of H-pyrrole nitrogens is 1. The summed E-state index contributed by atoms with van der Waals surface area (Å²) in [6.07, 6.45) is 3.04. The zero-order valence-electron chi connectivity index (χ0n) is 17.5. The van der Waals surface area contributed by atoms with E-state index in [2.05, 4.69) is 25.9 Å². The van der Waals surface area contributed by atoms with Crippen molar-refractivity contribution in [2.24, 2.45) is 5.73 Å². The van der Waals surface area contributed by atoms with Crippen LogP contribution in [0.5, 0.6) is 5.75 Å². The number of aliphatic hydroxyl groups excluding tert-OH is 1. The number of carbonyl (C=O) groups excluding carboxylic acids is 3. The molecule has 178 valence electrons. The standard InChI is InChI=1S/C20H26N6O7/c21-14(6-12-7-22-10-24-12)18(30)23-8-17(29)25-16(9-27)19(31)26-15(20(32)33)5-11-1-3-13(28)4-2-11/h1-4,7,10,14-16,27-28H,5-6,8-9,21H2,(H,22,24)(H,23,30)(H,25,29)(H,26,31)(H,32,33). The van der Waals surface area contributed by atoms with Crippen LogP contribution in [0, 0.1) is 0 Å². The van der Waals surface area contributed by atoms with E-state index in [1.807, 2.05) is 0 Å². The number of phenols is 1. The molecule has 0 saturated heterocycles. The molecule has 0 spiro atoms. The van der Waals surface area contributed by atoms with Gasteiger partial charge >= 0.3 is 5.97 Å². The van der Waals surface area contributed by atoms with Crippen molar-refractivity contribution in [2.75, 3.05) is 13.2 Å². The summed E-state index contributed by atoms with van der Waals surface area (Å²) < 4.78 is 0. The molecular formula is C20H26N6O7. The van der Waals surface area contributed by atoms with E-state index >= 15 is 0 Å². The summed E-state index contributed by atoms with van der Waals surface area (Å²) in [5.41, 5.74) is 6.94. The molecule has 3 atom stereocenters. The SMILES string of the molecule is NC(Cc1cnc[nH]1)C(=O)NCC(=O)NC(CO)C(=O)NC(Cc1ccc(O)cc1)C(=O)O. The molecule has 0 bridgehead atoms. The highest BCUT2D eigenvalue weighted by Gasteiger charge is 2.26. The fourth-order valence-corrected chi connectivity index (χ4v) is 2.80. The van der Waals surface area contributed by atoms with Gasteiger partial charge in [-0.05, 0) is 17.7 Å². The molecule has 0 saturated carbocycles. The Bertz CT molecular complexity index is 948. The van der Waals surface area contributed by atoms with Crippen LogP contribution in [0.2, 0.25) is 0 Å². The molecule has 3 unspecified atom stereocenters. The van der Waals surface area contributed by atoms with E-state index in [0.717, 1.165) is 0 Å². The van der Waals surface area contributed by atoms with Crippen LogP contribution >= 0.6 is 0 Å². The van der Waals surface area contributed by atoms with Gasteiger partial charge in [-0.15, -0.1) is 0 Å². The van der Waals surface area contributed by atoms with Crippen molar-refractivity contribution in [3.05, 3.63) is 48.0 Å². The fourth-order valence-electron chi connectivity index (χ4n) is 2.80. The number of nitrogens with one attached hydrogen (secondary N) is 4. The van der Waals surface area contributed by atoms with Gasteiger partial charge in [0.2, 0.25) is 17.7 Å². The van der Waals surface area contributed by atoms with Crippen molar-refractivity contribution in [3.8, 4) is 5.75 Å². The first-order valence-corrected chi connectivity index (χ1v) is 9.91.